The van der Waals surface area contributed by atoms with E-state index in [1.165, 1.54) is 11.8 Å². The molecule has 1 N–H and O–H groups in total. The van der Waals surface area contributed by atoms with E-state index < -0.39 is 5.97 Å². The zero-order valence-corrected chi connectivity index (χ0v) is 18.3. The second-order valence-electron chi connectivity index (χ2n) is 6.92. The van der Waals surface area contributed by atoms with Crippen LogP contribution in [0, 0.1) is 11.3 Å². The fraction of sp³-hybridized carbons (Fsp3) is 0.273. The number of carbonyl (C=O) groups is 1. The highest BCUT2D eigenvalue weighted by Crippen LogP contribution is 2.34. The van der Waals surface area contributed by atoms with Crippen LogP contribution in [0.1, 0.15) is 16.7 Å². The molecule has 1 aliphatic heterocycles. The van der Waals surface area contributed by atoms with Gasteiger partial charge in [-0.1, -0.05) is 42.1 Å². The fourth-order valence-corrected chi connectivity index (χ4v) is 4.85. The van der Waals surface area contributed by atoms with Crippen molar-refractivity contribution >= 4 is 34.9 Å². The van der Waals surface area contributed by atoms with Crippen LogP contribution >= 0.6 is 23.1 Å². The first-order chi connectivity index (χ1) is 15.1. The molecule has 1 saturated heterocycles. The maximum Gasteiger partial charge on any atom is 0.307 e. The van der Waals surface area contributed by atoms with Crippen LogP contribution in [0.5, 0.6) is 0 Å². The van der Waals surface area contributed by atoms with Crippen LogP contribution in [-0.4, -0.2) is 47.3 Å². The number of nitrogens with zero attached hydrogens (tertiary/aromatic N) is 4. The molecule has 1 aromatic carbocycles. The standard InChI is InChI=1S/C22H20N4O3S2/c23-13-17-20(18-5-2-10-30-18)24-22(25-21(17)26-6-8-29-9-7-26)31-14-16-4-1-3-15(11-16)12-19(27)28/h1-5,10-11H,6-9,12,14H2,(H,27,28). The molecule has 1 aliphatic rings. The smallest absolute Gasteiger partial charge is 0.307 e. The summed E-state index contributed by atoms with van der Waals surface area (Å²) in [7, 11) is 0. The van der Waals surface area contributed by atoms with E-state index in [0.717, 1.165) is 16.0 Å². The first-order valence-electron chi connectivity index (χ1n) is 9.75. The zero-order chi connectivity index (χ0) is 21.6. The molecule has 158 valence electrons. The predicted molar refractivity (Wildman–Crippen MR) is 120 cm³/mol. The van der Waals surface area contributed by atoms with Crippen LogP contribution < -0.4 is 4.90 Å². The summed E-state index contributed by atoms with van der Waals surface area (Å²) in [6.45, 7) is 2.55. The largest absolute Gasteiger partial charge is 0.481 e. The Labute approximate surface area is 188 Å². The van der Waals surface area contributed by atoms with Crippen molar-refractivity contribution in [1.29, 1.82) is 5.26 Å². The molecule has 9 heteroatoms. The van der Waals surface area contributed by atoms with Crippen LogP contribution in [-0.2, 0) is 21.7 Å². The van der Waals surface area contributed by atoms with Gasteiger partial charge in [-0.05, 0) is 22.6 Å². The maximum atomic E-state index is 11.0. The Morgan fingerprint density at radius 3 is 2.74 bits per heavy atom. The van der Waals surface area contributed by atoms with Crippen molar-refractivity contribution in [2.24, 2.45) is 0 Å². The molecule has 3 heterocycles. The Bertz CT molecular complexity index is 1110. The summed E-state index contributed by atoms with van der Waals surface area (Å²) in [6.07, 6.45) is -0.00439. The minimum Gasteiger partial charge on any atom is -0.481 e. The summed E-state index contributed by atoms with van der Waals surface area (Å²) in [6, 6.07) is 13.7. The molecule has 4 rings (SSSR count). The maximum absolute atomic E-state index is 11.0. The number of hydrogen-bond acceptors (Lipinski definition) is 8. The number of benzene rings is 1. The molecular formula is C22H20N4O3S2. The van der Waals surface area contributed by atoms with Crippen molar-refractivity contribution in [3.8, 4) is 16.6 Å². The lowest BCUT2D eigenvalue weighted by Crippen LogP contribution is -2.37. The number of morpholine rings is 1. The third-order valence-electron chi connectivity index (χ3n) is 4.76. The van der Waals surface area contributed by atoms with Crippen molar-refractivity contribution < 1.29 is 14.6 Å². The first-order valence-corrected chi connectivity index (χ1v) is 11.6. The van der Waals surface area contributed by atoms with Gasteiger partial charge in [0, 0.05) is 18.8 Å². The van der Waals surface area contributed by atoms with Gasteiger partial charge in [-0.25, -0.2) is 9.97 Å². The predicted octanol–water partition coefficient (Wildman–Crippen LogP) is 3.83. The van der Waals surface area contributed by atoms with Crippen LogP contribution in [0.15, 0.2) is 46.9 Å². The molecule has 1 fully saturated rings. The summed E-state index contributed by atoms with van der Waals surface area (Å²) in [5, 5.41) is 21.5. The zero-order valence-electron chi connectivity index (χ0n) is 16.7. The number of nitriles is 1. The van der Waals surface area contributed by atoms with Gasteiger partial charge in [0.15, 0.2) is 11.0 Å². The van der Waals surface area contributed by atoms with Crippen molar-refractivity contribution in [3.05, 3.63) is 58.5 Å². The van der Waals surface area contributed by atoms with Crippen LogP contribution in [0.4, 0.5) is 5.82 Å². The summed E-state index contributed by atoms with van der Waals surface area (Å²) < 4.78 is 5.46. The highest BCUT2D eigenvalue weighted by molar-refractivity contribution is 7.98. The quantitative estimate of drug-likeness (QED) is 0.426. The van der Waals surface area contributed by atoms with E-state index in [2.05, 4.69) is 11.0 Å². The number of hydrogen-bond donors (Lipinski definition) is 1. The van der Waals surface area contributed by atoms with E-state index in [-0.39, 0.29) is 6.42 Å². The second kappa shape index (κ2) is 9.92. The SMILES string of the molecule is N#Cc1c(-c2cccs2)nc(SCc2cccc(CC(=O)O)c2)nc1N1CCOCC1. The van der Waals surface area contributed by atoms with Gasteiger partial charge in [0.25, 0.3) is 0 Å². The molecular weight excluding hydrogens is 432 g/mol. The Morgan fingerprint density at radius 1 is 1.23 bits per heavy atom. The third-order valence-corrected chi connectivity index (χ3v) is 6.56. The Balaban J connectivity index is 1.65. The number of aromatic nitrogens is 2. The summed E-state index contributed by atoms with van der Waals surface area (Å²) in [4.78, 5) is 23.5. The molecule has 0 aliphatic carbocycles. The molecule has 3 aromatic rings. The fourth-order valence-electron chi connectivity index (χ4n) is 3.34. The van der Waals surface area contributed by atoms with E-state index in [9.17, 15) is 10.1 Å². The molecule has 0 radical (unpaired) electrons. The number of carboxylic acids is 1. The van der Waals surface area contributed by atoms with Crippen LogP contribution in [0.25, 0.3) is 10.6 Å². The highest BCUT2D eigenvalue weighted by atomic mass is 32.2. The molecule has 0 bridgehead atoms. The molecule has 31 heavy (non-hydrogen) atoms. The van der Waals surface area contributed by atoms with Gasteiger partial charge in [0.2, 0.25) is 0 Å². The lowest BCUT2D eigenvalue weighted by atomic mass is 10.1. The third kappa shape index (κ3) is 5.22. The average molecular weight is 453 g/mol. The normalized spacial score (nSPS) is 13.7. The molecule has 0 spiro atoms. The van der Waals surface area contributed by atoms with Gasteiger partial charge in [0.05, 0.1) is 24.5 Å². The summed E-state index contributed by atoms with van der Waals surface area (Å²) in [5.74, 6) is 0.397. The number of anilines is 1. The van der Waals surface area contributed by atoms with Gasteiger partial charge >= 0.3 is 5.97 Å². The van der Waals surface area contributed by atoms with Crippen molar-refractivity contribution in [3.63, 3.8) is 0 Å². The van der Waals surface area contributed by atoms with Gasteiger partial charge in [-0.15, -0.1) is 11.3 Å². The topological polar surface area (TPSA) is 99.3 Å². The number of ether oxygens (including phenoxy) is 1. The second-order valence-corrected chi connectivity index (χ2v) is 8.81. The lowest BCUT2D eigenvalue weighted by Gasteiger charge is -2.29. The Morgan fingerprint density at radius 2 is 2.03 bits per heavy atom. The number of aliphatic carboxylic acids is 1. The Hall–Kier alpha value is -2.93. The molecule has 0 unspecified atom stereocenters. The van der Waals surface area contributed by atoms with Gasteiger partial charge in [0.1, 0.15) is 17.3 Å². The van der Waals surface area contributed by atoms with E-state index in [0.29, 0.717) is 54.3 Å². The van der Waals surface area contributed by atoms with Gasteiger partial charge < -0.3 is 14.7 Å². The van der Waals surface area contributed by atoms with Crippen molar-refractivity contribution in [1.82, 2.24) is 9.97 Å². The monoisotopic (exact) mass is 452 g/mol. The first kappa shape index (κ1) is 21.3. The van der Waals surface area contributed by atoms with Gasteiger partial charge in [-0.2, -0.15) is 5.26 Å². The minimum atomic E-state index is -0.851. The van der Waals surface area contributed by atoms with E-state index in [4.69, 9.17) is 19.8 Å². The highest BCUT2D eigenvalue weighted by Gasteiger charge is 2.23. The van der Waals surface area contributed by atoms with Crippen molar-refractivity contribution in [2.75, 3.05) is 31.2 Å². The van der Waals surface area contributed by atoms with Crippen molar-refractivity contribution in [2.45, 2.75) is 17.3 Å². The molecule has 2 aromatic heterocycles. The Kier molecular flexibility index (Phi) is 6.82. The molecule has 0 atom stereocenters. The van der Waals surface area contributed by atoms with E-state index in [1.54, 1.807) is 11.3 Å². The van der Waals surface area contributed by atoms with Gasteiger partial charge in [-0.3, -0.25) is 4.79 Å². The number of rotatable bonds is 7. The molecule has 0 saturated carbocycles. The summed E-state index contributed by atoms with van der Waals surface area (Å²) in [5.41, 5.74) is 2.90. The summed E-state index contributed by atoms with van der Waals surface area (Å²) >= 11 is 3.02. The van der Waals surface area contributed by atoms with E-state index in [1.807, 2.05) is 41.8 Å². The van der Waals surface area contributed by atoms with Crippen LogP contribution in [0.2, 0.25) is 0 Å². The van der Waals surface area contributed by atoms with E-state index >= 15 is 0 Å². The molecule has 0 amide bonds. The number of carboxylic acid groups (broad SMARTS) is 1. The minimum absolute atomic E-state index is 0.00439. The van der Waals surface area contributed by atoms with Crippen LogP contribution in [0.3, 0.4) is 0 Å². The number of thioether (sulfide) groups is 1. The lowest BCUT2D eigenvalue weighted by molar-refractivity contribution is -0.136. The molecule has 7 nitrogen and oxygen atoms in total. The number of thiophene rings is 1. The average Bonchev–Trinajstić information content (AvgIpc) is 3.32.